The molecule has 21 heavy (non-hydrogen) atoms. The molecular formula is C16H20N2O2S. The van der Waals surface area contributed by atoms with E-state index in [0.29, 0.717) is 23.7 Å². The zero-order valence-corrected chi connectivity index (χ0v) is 12.9. The van der Waals surface area contributed by atoms with Crippen molar-refractivity contribution in [2.75, 3.05) is 20.2 Å². The molecule has 1 aromatic carbocycles. The molecule has 0 radical (unpaired) electrons. The Morgan fingerprint density at radius 2 is 2.05 bits per heavy atom. The third kappa shape index (κ3) is 4.06. The maximum atomic E-state index is 12.2. The molecule has 1 aromatic heterocycles. The van der Waals surface area contributed by atoms with E-state index in [1.165, 1.54) is 11.3 Å². The summed E-state index contributed by atoms with van der Waals surface area (Å²) in [5.41, 5.74) is 6.53. The molecule has 0 unspecified atom stereocenters. The third-order valence-electron chi connectivity index (χ3n) is 3.10. The van der Waals surface area contributed by atoms with Gasteiger partial charge in [0.1, 0.15) is 10.6 Å². The number of hydrogen-bond donors (Lipinski definition) is 2. The lowest BCUT2D eigenvalue weighted by Crippen LogP contribution is -2.24. The highest BCUT2D eigenvalue weighted by Gasteiger charge is 2.17. The molecule has 1 heterocycles. The molecule has 112 valence electrons. The minimum absolute atomic E-state index is 0.0870. The van der Waals surface area contributed by atoms with Crippen LogP contribution in [0.5, 0.6) is 5.75 Å². The first kappa shape index (κ1) is 15.5. The molecular weight excluding hydrogens is 284 g/mol. The molecule has 0 aliphatic carbocycles. The van der Waals surface area contributed by atoms with E-state index in [1.54, 1.807) is 7.11 Å². The lowest BCUT2D eigenvalue weighted by Gasteiger charge is -2.04. The van der Waals surface area contributed by atoms with Crippen LogP contribution in [-0.2, 0) is 0 Å². The molecule has 0 fully saturated rings. The van der Waals surface area contributed by atoms with E-state index in [4.69, 9.17) is 10.5 Å². The Morgan fingerprint density at radius 1 is 1.29 bits per heavy atom. The lowest BCUT2D eigenvalue weighted by molar-refractivity contribution is 0.0954. The number of ether oxygens (including phenoxy) is 1. The van der Waals surface area contributed by atoms with Gasteiger partial charge in [-0.2, -0.15) is 0 Å². The third-order valence-corrected chi connectivity index (χ3v) is 4.26. The number of carbonyl (C=O) groups excluding carboxylic acids is 1. The summed E-state index contributed by atoms with van der Waals surface area (Å²) in [6.07, 6.45) is 1.80. The first-order chi connectivity index (χ1) is 10.3. The molecule has 0 bridgehead atoms. The van der Waals surface area contributed by atoms with Crippen molar-refractivity contribution in [3.63, 3.8) is 0 Å². The summed E-state index contributed by atoms with van der Waals surface area (Å²) in [6, 6.07) is 11.9. The summed E-state index contributed by atoms with van der Waals surface area (Å²) in [7, 11) is 1.59. The van der Waals surface area contributed by atoms with E-state index in [2.05, 4.69) is 5.32 Å². The topological polar surface area (TPSA) is 64.3 Å². The molecule has 0 aliphatic heterocycles. The Balaban J connectivity index is 2.12. The molecule has 2 rings (SSSR count). The Bertz CT molecular complexity index is 581. The van der Waals surface area contributed by atoms with Gasteiger partial charge in [-0.3, -0.25) is 4.79 Å². The summed E-state index contributed by atoms with van der Waals surface area (Å²) >= 11 is 1.45. The normalized spacial score (nSPS) is 10.4. The number of nitrogens with two attached hydrogens (primary N) is 1. The number of nitrogens with one attached hydrogen (secondary N) is 1. The predicted octanol–water partition coefficient (Wildman–Crippen LogP) is 2.89. The Labute approximate surface area is 128 Å². The van der Waals surface area contributed by atoms with Crippen LogP contribution in [0.1, 0.15) is 22.5 Å². The lowest BCUT2D eigenvalue weighted by atomic mass is 10.2. The summed E-state index contributed by atoms with van der Waals surface area (Å²) in [5.74, 6) is 0.534. The second-order valence-electron chi connectivity index (χ2n) is 4.63. The average Bonchev–Trinajstić information content (AvgIpc) is 2.96. The summed E-state index contributed by atoms with van der Waals surface area (Å²) in [5, 5.41) is 2.91. The maximum Gasteiger partial charge on any atom is 0.265 e. The van der Waals surface area contributed by atoms with Crippen LogP contribution in [0.2, 0.25) is 0 Å². The zero-order valence-electron chi connectivity index (χ0n) is 12.1. The van der Waals surface area contributed by atoms with Gasteiger partial charge in [0.2, 0.25) is 0 Å². The second-order valence-corrected chi connectivity index (χ2v) is 5.68. The van der Waals surface area contributed by atoms with Gasteiger partial charge in [-0.15, -0.1) is 11.3 Å². The fourth-order valence-electron chi connectivity index (χ4n) is 1.98. The zero-order chi connectivity index (χ0) is 15.1. The monoisotopic (exact) mass is 304 g/mol. The van der Waals surface area contributed by atoms with E-state index in [9.17, 15) is 4.79 Å². The summed E-state index contributed by atoms with van der Waals surface area (Å²) in [4.78, 5) is 13.9. The van der Waals surface area contributed by atoms with E-state index >= 15 is 0 Å². The van der Waals surface area contributed by atoms with Gasteiger partial charge in [0.25, 0.3) is 5.91 Å². The number of methoxy groups -OCH3 is 1. The van der Waals surface area contributed by atoms with Crippen LogP contribution in [0.25, 0.3) is 10.4 Å². The fourth-order valence-corrected chi connectivity index (χ4v) is 3.03. The fraction of sp³-hybridized carbons (Fsp3) is 0.312. The second kappa shape index (κ2) is 7.81. The highest BCUT2D eigenvalue weighted by atomic mass is 32.1. The summed E-state index contributed by atoms with van der Waals surface area (Å²) in [6.45, 7) is 1.29. The molecule has 2 aromatic rings. The number of unbranched alkanes of at least 4 members (excludes halogenated alkanes) is 1. The molecule has 0 saturated heterocycles. The van der Waals surface area contributed by atoms with Crippen molar-refractivity contribution >= 4 is 17.2 Å². The molecule has 4 nitrogen and oxygen atoms in total. The number of rotatable bonds is 7. The highest BCUT2D eigenvalue weighted by Crippen LogP contribution is 2.36. The predicted molar refractivity (Wildman–Crippen MR) is 86.9 cm³/mol. The van der Waals surface area contributed by atoms with Crippen molar-refractivity contribution in [2.45, 2.75) is 12.8 Å². The van der Waals surface area contributed by atoms with Crippen molar-refractivity contribution < 1.29 is 9.53 Å². The van der Waals surface area contributed by atoms with E-state index in [-0.39, 0.29) is 5.91 Å². The Kier molecular flexibility index (Phi) is 5.78. The van der Waals surface area contributed by atoms with Crippen molar-refractivity contribution in [3.8, 4) is 16.2 Å². The molecule has 0 atom stereocenters. The van der Waals surface area contributed by atoms with E-state index in [1.807, 2.05) is 36.4 Å². The minimum atomic E-state index is -0.0870. The number of benzene rings is 1. The van der Waals surface area contributed by atoms with Gasteiger partial charge in [-0.05, 0) is 31.0 Å². The molecule has 3 N–H and O–H groups in total. The smallest absolute Gasteiger partial charge is 0.265 e. The van der Waals surface area contributed by atoms with Crippen LogP contribution in [0.3, 0.4) is 0 Å². The van der Waals surface area contributed by atoms with Crippen LogP contribution in [0.4, 0.5) is 0 Å². The van der Waals surface area contributed by atoms with Crippen LogP contribution in [-0.4, -0.2) is 26.1 Å². The molecule has 1 amide bonds. The van der Waals surface area contributed by atoms with Gasteiger partial charge in [0, 0.05) is 11.4 Å². The number of hydrogen-bond acceptors (Lipinski definition) is 4. The van der Waals surface area contributed by atoms with Crippen molar-refractivity contribution in [3.05, 3.63) is 41.3 Å². The molecule has 5 heteroatoms. The van der Waals surface area contributed by atoms with Crippen LogP contribution < -0.4 is 15.8 Å². The minimum Gasteiger partial charge on any atom is -0.495 e. The first-order valence-corrected chi connectivity index (χ1v) is 7.79. The van der Waals surface area contributed by atoms with Crippen molar-refractivity contribution in [2.24, 2.45) is 5.73 Å². The van der Waals surface area contributed by atoms with Crippen LogP contribution in [0, 0.1) is 0 Å². The Morgan fingerprint density at radius 3 is 2.71 bits per heavy atom. The quantitative estimate of drug-likeness (QED) is 0.773. The Hall–Kier alpha value is -1.85. The van der Waals surface area contributed by atoms with Gasteiger partial charge in [0.15, 0.2) is 0 Å². The van der Waals surface area contributed by atoms with Crippen LogP contribution >= 0.6 is 11.3 Å². The molecule has 0 aliphatic rings. The number of thiophene rings is 1. The molecule has 0 saturated carbocycles. The number of carbonyl (C=O) groups is 1. The molecule has 0 spiro atoms. The van der Waals surface area contributed by atoms with Gasteiger partial charge in [0.05, 0.1) is 7.11 Å². The highest BCUT2D eigenvalue weighted by molar-refractivity contribution is 7.17. The van der Waals surface area contributed by atoms with E-state index in [0.717, 1.165) is 23.3 Å². The van der Waals surface area contributed by atoms with Gasteiger partial charge >= 0.3 is 0 Å². The maximum absolute atomic E-state index is 12.2. The van der Waals surface area contributed by atoms with Crippen molar-refractivity contribution in [1.29, 1.82) is 0 Å². The SMILES string of the molecule is COc1cc(-c2ccccc2)sc1C(=O)NCCCCN. The van der Waals surface area contributed by atoms with Crippen LogP contribution in [0.15, 0.2) is 36.4 Å². The largest absolute Gasteiger partial charge is 0.495 e. The van der Waals surface area contributed by atoms with Crippen molar-refractivity contribution in [1.82, 2.24) is 5.32 Å². The summed E-state index contributed by atoms with van der Waals surface area (Å²) < 4.78 is 5.33. The first-order valence-electron chi connectivity index (χ1n) is 6.97. The number of amides is 1. The van der Waals surface area contributed by atoms with Gasteiger partial charge in [-0.25, -0.2) is 0 Å². The average molecular weight is 304 g/mol. The van der Waals surface area contributed by atoms with E-state index < -0.39 is 0 Å². The van der Waals surface area contributed by atoms with Gasteiger partial charge < -0.3 is 15.8 Å². The van der Waals surface area contributed by atoms with Gasteiger partial charge in [-0.1, -0.05) is 30.3 Å². The standard InChI is InChI=1S/C16H20N2O2S/c1-20-13-11-14(12-7-3-2-4-8-12)21-15(13)16(19)18-10-6-5-9-17/h2-4,7-8,11H,5-6,9-10,17H2,1H3,(H,18,19).